The van der Waals surface area contributed by atoms with Crippen molar-refractivity contribution in [3.63, 3.8) is 0 Å². The Morgan fingerprint density at radius 2 is 1.58 bits per heavy atom. The highest BCUT2D eigenvalue weighted by atomic mass is 35.5. The predicted molar refractivity (Wildman–Crippen MR) is 128 cm³/mol. The molecule has 1 heterocycles. The Hall–Kier alpha value is -2.93. The van der Waals surface area contributed by atoms with Crippen LogP contribution in [0.2, 0.25) is 5.02 Å². The van der Waals surface area contributed by atoms with Gasteiger partial charge in [0.2, 0.25) is 10.0 Å². The van der Waals surface area contributed by atoms with Gasteiger partial charge in [-0.3, -0.25) is 0 Å². The summed E-state index contributed by atoms with van der Waals surface area (Å²) in [5.74, 6) is -0.542. The Balaban J connectivity index is 1.93. The molecule has 0 spiro atoms. The van der Waals surface area contributed by atoms with Gasteiger partial charge in [0.1, 0.15) is 0 Å². The molecule has 0 aromatic heterocycles. The molecule has 33 heavy (non-hydrogen) atoms. The van der Waals surface area contributed by atoms with Crippen molar-refractivity contribution in [3.05, 3.63) is 112 Å². The number of nitrogens with zero attached hydrogens (tertiary/aromatic N) is 1. The molecule has 170 valence electrons. The quantitative estimate of drug-likeness (QED) is 0.428. The maximum Gasteiger partial charge on any atom is 0.335 e. The van der Waals surface area contributed by atoms with Gasteiger partial charge in [-0.25, -0.2) is 13.2 Å². The van der Waals surface area contributed by atoms with Crippen LogP contribution in [-0.2, 0) is 19.6 Å². The van der Waals surface area contributed by atoms with Gasteiger partial charge in [-0.1, -0.05) is 71.8 Å². The van der Waals surface area contributed by atoms with E-state index in [1.165, 1.54) is 4.31 Å². The topological polar surface area (TPSA) is 63.7 Å². The van der Waals surface area contributed by atoms with Crippen LogP contribution in [0.1, 0.15) is 35.7 Å². The van der Waals surface area contributed by atoms with Crippen LogP contribution in [0.25, 0.3) is 0 Å². The van der Waals surface area contributed by atoms with Crippen molar-refractivity contribution in [3.8, 4) is 0 Å². The van der Waals surface area contributed by atoms with Gasteiger partial charge in [-0.05, 0) is 55.3 Å². The second-order valence-electron chi connectivity index (χ2n) is 7.80. The number of ether oxygens (including phenoxy) is 1. The van der Waals surface area contributed by atoms with E-state index in [9.17, 15) is 13.2 Å². The molecule has 0 saturated heterocycles. The van der Waals surface area contributed by atoms with Gasteiger partial charge in [0, 0.05) is 5.02 Å². The normalized spacial score (nSPS) is 18.7. The largest absolute Gasteiger partial charge is 0.463 e. The fourth-order valence-corrected chi connectivity index (χ4v) is 5.86. The highest BCUT2D eigenvalue weighted by Crippen LogP contribution is 2.47. The highest BCUT2D eigenvalue weighted by molar-refractivity contribution is 7.89. The van der Waals surface area contributed by atoms with E-state index in [1.807, 2.05) is 37.3 Å². The molecule has 0 radical (unpaired) electrons. The Labute approximate surface area is 199 Å². The van der Waals surface area contributed by atoms with E-state index < -0.39 is 28.1 Å². The summed E-state index contributed by atoms with van der Waals surface area (Å²) >= 11 is 6.09. The third kappa shape index (κ3) is 4.60. The molecule has 0 amide bonds. The Morgan fingerprint density at radius 3 is 2.18 bits per heavy atom. The molecule has 3 aromatic rings. The molecule has 0 saturated carbocycles. The highest BCUT2D eigenvalue weighted by Gasteiger charge is 2.46. The molecule has 1 aliphatic rings. The van der Waals surface area contributed by atoms with Crippen LogP contribution in [0.4, 0.5) is 0 Å². The zero-order valence-corrected chi connectivity index (χ0v) is 19.9. The Morgan fingerprint density at radius 1 is 0.939 bits per heavy atom. The van der Waals surface area contributed by atoms with E-state index in [2.05, 4.69) is 0 Å². The van der Waals surface area contributed by atoms with Crippen LogP contribution in [0.3, 0.4) is 0 Å². The first-order valence-electron chi connectivity index (χ1n) is 10.6. The lowest BCUT2D eigenvalue weighted by Gasteiger charge is -2.31. The SMILES string of the molecule is CCOC(=O)C1=C[C@@H](c2ccccc2)N(S(=O)(=O)c2ccc(C)cc2)[C@H]1c1ccc(Cl)cc1. The minimum absolute atomic E-state index is 0.159. The third-order valence-electron chi connectivity index (χ3n) is 5.60. The summed E-state index contributed by atoms with van der Waals surface area (Å²) in [6.07, 6.45) is 1.69. The van der Waals surface area contributed by atoms with Crippen molar-refractivity contribution in [1.82, 2.24) is 4.31 Å². The van der Waals surface area contributed by atoms with Gasteiger partial charge in [-0.2, -0.15) is 4.31 Å². The van der Waals surface area contributed by atoms with E-state index in [1.54, 1.807) is 61.5 Å². The number of halogens is 1. The number of benzene rings is 3. The smallest absolute Gasteiger partial charge is 0.335 e. The lowest BCUT2D eigenvalue weighted by atomic mass is 10.0. The number of sulfonamides is 1. The van der Waals surface area contributed by atoms with Crippen molar-refractivity contribution in [2.45, 2.75) is 30.8 Å². The third-order valence-corrected chi connectivity index (χ3v) is 7.71. The average Bonchev–Trinajstić information content (AvgIpc) is 3.22. The molecule has 0 bridgehead atoms. The molecule has 4 rings (SSSR count). The summed E-state index contributed by atoms with van der Waals surface area (Å²) < 4.78 is 34.7. The molecule has 2 atom stereocenters. The molecule has 5 nitrogen and oxygen atoms in total. The second kappa shape index (κ2) is 9.51. The van der Waals surface area contributed by atoms with E-state index in [4.69, 9.17) is 16.3 Å². The molecular formula is C26H24ClNO4S. The molecule has 7 heteroatoms. The van der Waals surface area contributed by atoms with Crippen molar-refractivity contribution < 1.29 is 17.9 Å². The average molecular weight is 482 g/mol. The van der Waals surface area contributed by atoms with Gasteiger partial charge in [0.15, 0.2) is 0 Å². The molecule has 0 aliphatic carbocycles. The summed E-state index contributed by atoms with van der Waals surface area (Å²) in [6.45, 7) is 3.81. The number of hydrogen-bond donors (Lipinski definition) is 0. The maximum atomic E-state index is 14.0. The van der Waals surface area contributed by atoms with Gasteiger partial charge < -0.3 is 4.74 Å². The number of carbonyl (C=O) groups excluding carboxylic acids is 1. The maximum absolute atomic E-state index is 14.0. The summed E-state index contributed by atoms with van der Waals surface area (Å²) in [6, 6.07) is 21.3. The first-order valence-corrected chi connectivity index (χ1v) is 12.4. The number of rotatable bonds is 6. The first-order chi connectivity index (χ1) is 15.8. The fraction of sp³-hybridized carbons (Fsp3) is 0.192. The van der Waals surface area contributed by atoms with E-state index in [0.29, 0.717) is 10.6 Å². The molecule has 0 fully saturated rings. The minimum atomic E-state index is -4.00. The van der Waals surface area contributed by atoms with Crippen LogP contribution in [0.15, 0.2) is 95.4 Å². The Kier molecular flexibility index (Phi) is 6.70. The van der Waals surface area contributed by atoms with Gasteiger partial charge in [-0.15, -0.1) is 0 Å². The van der Waals surface area contributed by atoms with Gasteiger partial charge in [0.25, 0.3) is 0 Å². The zero-order chi connectivity index (χ0) is 23.6. The first kappa shape index (κ1) is 23.2. The predicted octanol–water partition coefficient (Wildman–Crippen LogP) is 5.62. The van der Waals surface area contributed by atoms with Gasteiger partial charge in [0.05, 0.1) is 29.2 Å². The van der Waals surface area contributed by atoms with Crippen LogP contribution >= 0.6 is 11.6 Å². The molecular weight excluding hydrogens is 458 g/mol. The second-order valence-corrected chi connectivity index (χ2v) is 10.1. The van der Waals surface area contributed by atoms with Crippen molar-refractivity contribution in [1.29, 1.82) is 0 Å². The molecule has 3 aromatic carbocycles. The lowest BCUT2D eigenvalue weighted by Crippen LogP contribution is -2.35. The van der Waals surface area contributed by atoms with Crippen LogP contribution in [0.5, 0.6) is 0 Å². The number of hydrogen-bond acceptors (Lipinski definition) is 4. The number of aryl methyl sites for hydroxylation is 1. The van der Waals surface area contributed by atoms with E-state index in [0.717, 1.165) is 11.1 Å². The summed E-state index contributed by atoms with van der Waals surface area (Å²) in [7, 11) is -4.00. The zero-order valence-electron chi connectivity index (χ0n) is 18.3. The summed E-state index contributed by atoms with van der Waals surface area (Å²) in [5, 5.41) is 0.519. The molecule has 0 N–H and O–H groups in total. The van der Waals surface area contributed by atoms with Crippen LogP contribution < -0.4 is 0 Å². The lowest BCUT2D eigenvalue weighted by molar-refractivity contribution is -0.138. The fourth-order valence-electron chi connectivity index (χ4n) is 4.01. The number of esters is 1. The summed E-state index contributed by atoms with van der Waals surface area (Å²) in [4.78, 5) is 13.1. The Bertz CT molecular complexity index is 1270. The van der Waals surface area contributed by atoms with Crippen LogP contribution in [0, 0.1) is 6.92 Å². The number of carbonyl (C=O) groups is 1. The molecule has 0 unspecified atom stereocenters. The monoisotopic (exact) mass is 481 g/mol. The van der Waals surface area contributed by atoms with Crippen LogP contribution in [-0.4, -0.2) is 25.3 Å². The van der Waals surface area contributed by atoms with Crippen molar-refractivity contribution in [2.24, 2.45) is 0 Å². The summed E-state index contributed by atoms with van der Waals surface area (Å²) in [5.41, 5.74) is 2.62. The minimum Gasteiger partial charge on any atom is -0.463 e. The van der Waals surface area contributed by atoms with E-state index in [-0.39, 0.29) is 17.1 Å². The van der Waals surface area contributed by atoms with Crippen molar-refractivity contribution >= 4 is 27.6 Å². The van der Waals surface area contributed by atoms with E-state index >= 15 is 0 Å². The van der Waals surface area contributed by atoms with Crippen molar-refractivity contribution in [2.75, 3.05) is 6.61 Å². The van der Waals surface area contributed by atoms with Gasteiger partial charge >= 0.3 is 5.97 Å². The molecule has 1 aliphatic heterocycles. The standard InChI is InChI=1S/C26H24ClNO4S/c1-3-32-26(29)23-17-24(19-7-5-4-6-8-19)28(25(23)20-11-13-21(27)14-12-20)33(30,31)22-15-9-18(2)10-16-22/h4-17,24-25H,3H2,1-2H3/t24-,25-/m0/s1.